The molecule has 1 aromatic rings. The lowest BCUT2D eigenvalue weighted by Crippen LogP contribution is -2.45. The number of carboxylic acids is 1. The molecule has 108 valence electrons. The Kier molecular flexibility index (Phi) is 4.70. The number of amides is 1. The van der Waals surface area contributed by atoms with Gasteiger partial charge in [-0.25, -0.2) is 0 Å². The maximum atomic E-state index is 12.1. The Morgan fingerprint density at radius 2 is 2.25 bits per heavy atom. The summed E-state index contributed by atoms with van der Waals surface area (Å²) >= 11 is 9.59. The standard InChI is InChI=1S/C14H15BrClNO3/c1-2-17-12(18)6-4-9(14(19)20)13(17)10-7-8(15)3-5-11(10)16/h3,5,7,9,13H,2,4,6H2,1H3,(H,19,20). The summed E-state index contributed by atoms with van der Waals surface area (Å²) in [6.45, 7) is 2.32. The first-order valence-corrected chi connectivity index (χ1v) is 7.60. The van der Waals surface area contributed by atoms with E-state index in [-0.39, 0.29) is 12.3 Å². The monoisotopic (exact) mass is 359 g/mol. The van der Waals surface area contributed by atoms with Crippen LogP contribution in [0.4, 0.5) is 0 Å². The van der Waals surface area contributed by atoms with Gasteiger partial charge in [-0.1, -0.05) is 27.5 Å². The number of halogens is 2. The van der Waals surface area contributed by atoms with Gasteiger partial charge in [0.1, 0.15) is 0 Å². The molecule has 2 unspecified atom stereocenters. The molecule has 0 spiro atoms. The molecule has 0 aromatic heterocycles. The van der Waals surface area contributed by atoms with Crippen LogP contribution in [0.2, 0.25) is 5.02 Å². The average Bonchev–Trinajstić information content (AvgIpc) is 2.40. The van der Waals surface area contributed by atoms with Crippen LogP contribution >= 0.6 is 27.5 Å². The van der Waals surface area contributed by atoms with Gasteiger partial charge in [0.15, 0.2) is 0 Å². The molecule has 1 aliphatic rings. The molecule has 1 aromatic carbocycles. The van der Waals surface area contributed by atoms with Gasteiger partial charge in [-0.15, -0.1) is 0 Å². The molecule has 1 fully saturated rings. The van der Waals surface area contributed by atoms with Gasteiger partial charge in [0.25, 0.3) is 0 Å². The summed E-state index contributed by atoms with van der Waals surface area (Å²) in [6, 6.07) is 4.79. The smallest absolute Gasteiger partial charge is 0.308 e. The van der Waals surface area contributed by atoms with Crippen molar-refractivity contribution in [2.75, 3.05) is 6.54 Å². The minimum absolute atomic E-state index is 0.0222. The molecule has 2 rings (SSSR count). The van der Waals surface area contributed by atoms with Crippen molar-refractivity contribution in [2.24, 2.45) is 5.92 Å². The van der Waals surface area contributed by atoms with Gasteiger partial charge in [0, 0.05) is 22.5 Å². The van der Waals surface area contributed by atoms with Crippen LogP contribution in [0.3, 0.4) is 0 Å². The molecular weight excluding hydrogens is 346 g/mol. The quantitative estimate of drug-likeness (QED) is 0.897. The van der Waals surface area contributed by atoms with E-state index in [1.54, 1.807) is 23.1 Å². The van der Waals surface area contributed by atoms with Crippen LogP contribution in [-0.2, 0) is 9.59 Å². The first-order chi connectivity index (χ1) is 9.45. The lowest BCUT2D eigenvalue weighted by atomic mass is 9.84. The SMILES string of the molecule is CCN1C(=O)CCC(C(=O)O)C1c1cc(Br)ccc1Cl. The zero-order valence-corrected chi connectivity index (χ0v) is 13.3. The summed E-state index contributed by atoms with van der Waals surface area (Å²) < 4.78 is 0.815. The van der Waals surface area contributed by atoms with Crippen LogP contribution in [0.1, 0.15) is 31.4 Å². The fraction of sp³-hybridized carbons (Fsp3) is 0.429. The molecule has 0 bridgehead atoms. The van der Waals surface area contributed by atoms with Gasteiger partial charge in [-0.2, -0.15) is 0 Å². The number of carbonyl (C=O) groups excluding carboxylic acids is 1. The minimum Gasteiger partial charge on any atom is -0.481 e. The second-order valence-corrected chi connectivity index (χ2v) is 6.10. The number of aliphatic carboxylic acids is 1. The Balaban J connectivity index is 2.52. The zero-order chi connectivity index (χ0) is 14.9. The highest BCUT2D eigenvalue weighted by molar-refractivity contribution is 9.10. The molecule has 4 nitrogen and oxygen atoms in total. The first-order valence-electron chi connectivity index (χ1n) is 6.43. The van der Waals surface area contributed by atoms with Gasteiger partial charge < -0.3 is 10.0 Å². The molecule has 1 saturated heterocycles. The summed E-state index contributed by atoms with van der Waals surface area (Å²) in [6.07, 6.45) is 0.616. The topological polar surface area (TPSA) is 57.6 Å². The molecule has 0 aliphatic carbocycles. The van der Waals surface area contributed by atoms with Crippen LogP contribution in [0.25, 0.3) is 0 Å². The Labute approximate surface area is 130 Å². The Hall–Kier alpha value is -1.07. The van der Waals surface area contributed by atoms with E-state index in [0.29, 0.717) is 23.6 Å². The predicted octanol–water partition coefficient (Wildman–Crippen LogP) is 3.49. The fourth-order valence-corrected chi connectivity index (χ4v) is 3.32. The van der Waals surface area contributed by atoms with Crippen molar-refractivity contribution in [1.82, 2.24) is 4.90 Å². The van der Waals surface area contributed by atoms with Crippen LogP contribution in [0.5, 0.6) is 0 Å². The van der Waals surface area contributed by atoms with Crippen LogP contribution in [0.15, 0.2) is 22.7 Å². The molecular formula is C14H15BrClNO3. The van der Waals surface area contributed by atoms with Crippen molar-refractivity contribution in [1.29, 1.82) is 0 Å². The summed E-state index contributed by atoms with van der Waals surface area (Å²) in [5, 5.41) is 9.92. The lowest BCUT2D eigenvalue weighted by molar-refractivity contribution is -0.151. The van der Waals surface area contributed by atoms with E-state index < -0.39 is 17.9 Å². The second kappa shape index (κ2) is 6.14. The van der Waals surface area contributed by atoms with E-state index in [2.05, 4.69) is 15.9 Å². The summed E-state index contributed by atoms with van der Waals surface area (Å²) in [4.78, 5) is 25.2. The van der Waals surface area contributed by atoms with Crippen molar-refractivity contribution in [3.05, 3.63) is 33.3 Å². The largest absolute Gasteiger partial charge is 0.481 e. The van der Waals surface area contributed by atoms with Crippen molar-refractivity contribution in [3.63, 3.8) is 0 Å². The van der Waals surface area contributed by atoms with Crippen LogP contribution in [-0.4, -0.2) is 28.4 Å². The maximum Gasteiger partial charge on any atom is 0.308 e. The number of nitrogens with zero attached hydrogens (tertiary/aromatic N) is 1. The number of piperidine rings is 1. The number of rotatable bonds is 3. The van der Waals surface area contributed by atoms with Gasteiger partial charge >= 0.3 is 5.97 Å². The third kappa shape index (κ3) is 2.83. The molecule has 1 heterocycles. The summed E-state index contributed by atoms with van der Waals surface area (Å²) in [5.41, 5.74) is 0.684. The van der Waals surface area contributed by atoms with Gasteiger partial charge in [0.2, 0.25) is 5.91 Å². The molecule has 0 radical (unpaired) electrons. The third-order valence-electron chi connectivity index (χ3n) is 3.64. The van der Waals surface area contributed by atoms with Gasteiger partial charge in [0.05, 0.1) is 12.0 Å². The molecule has 0 saturated carbocycles. The highest BCUT2D eigenvalue weighted by atomic mass is 79.9. The third-order valence-corrected chi connectivity index (χ3v) is 4.48. The number of hydrogen-bond donors (Lipinski definition) is 1. The predicted molar refractivity (Wildman–Crippen MR) is 79.6 cm³/mol. The molecule has 20 heavy (non-hydrogen) atoms. The number of carboxylic acid groups (broad SMARTS) is 1. The lowest BCUT2D eigenvalue weighted by Gasteiger charge is -2.39. The van der Waals surface area contributed by atoms with E-state index in [9.17, 15) is 14.7 Å². The van der Waals surface area contributed by atoms with E-state index in [4.69, 9.17) is 11.6 Å². The normalized spacial score (nSPS) is 22.9. The summed E-state index contributed by atoms with van der Waals surface area (Å²) in [7, 11) is 0. The molecule has 2 atom stereocenters. The van der Waals surface area contributed by atoms with Crippen molar-refractivity contribution < 1.29 is 14.7 Å². The van der Waals surface area contributed by atoms with Crippen molar-refractivity contribution in [2.45, 2.75) is 25.8 Å². The van der Waals surface area contributed by atoms with Crippen molar-refractivity contribution in [3.8, 4) is 0 Å². The number of benzene rings is 1. The molecule has 1 N–H and O–H groups in total. The van der Waals surface area contributed by atoms with Crippen molar-refractivity contribution >= 4 is 39.4 Å². The zero-order valence-electron chi connectivity index (χ0n) is 11.0. The summed E-state index contributed by atoms with van der Waals surface area (Å²) in [5.74, 6) is -1.54. The van der Waals surface area contributed by atoms with Gasteiger partial charge in [-0.05, 0) is 37.1 Å². The highest BCUT2D eigenvalue weighted by Gasteiger charge is 2.40. The number of likely N-dealkylation sites (tertiary alicyclic amines) is 1. The van der Waals surface area contributed by atoms with Crippen LogP contribution < -0.4 is 0 Å². The second-order valence-electron chi connectivity index (χ2n) is 4.77. The van der Waals surface area contributed by atoms with Crippen LogP contribution in [0, 0.1) is 5.92 Å². The van der Waals surface area contributed by atoms with Gasteiger partial charge in [-0.3, -0.25) is 9.59 Å². The Bertz CT molecular complexity index is 547. The molecule has 1 aliphatic heterocycles. The molecule has 1 amide bonds. The van der Waals surface area contributed by atoms with E-state index in [1.807, 2.05) is 6.92 Å². The first kappa shape index (κ1) is 15.3. The minimum atomic E-state index is -0.892. The Morgan fingerprint density at radius 1 is 1.55 bits per heavy atom. The number of carbonyl (C=O) groups is 2. The fourth-order valence-electron chi connectivity index (χ4n) is 2.71. The van der Waals surface area contributed by atoms with E-state index in [1.165, 1.54) is 0 Å². The average molecular weight is 361 g/mol. The highest BCUT2D eigenvalue weighted by Crippen LogP contribution is 2.40. The molecule has 6 heteroatoms. The van der Waals surface area contributed by atoms with E-state index in [0.717, 1.165) is 4.47 Å². The van der Waals surface area contributed by atoms with E-state index >= 15 is 0 Å². The number of hydrogen-bond acceptors (Lipinski definition) is 2. The maximum absolute atomic E-state index is 12.1. The Morgan fingerprint density at radius 3 is 2.85 bits per heavy atom.